The number of nitrogens with zero attached hydrogens (tertiary/aromatic N) is 3. The van der Waals surface area contributed by atoms with E-state index in [1.54, 1.807) is 6.07 Å². The second-order valence-electron chi connectivity index (χ2n) is 7.84. The number of hydrogen-bond donors (Lipinski definition) is 2. The highest BCUT2D eigenvalue weighted by Gasteiger charge is 2.15. The van der Waals surface area contributed by atoms with E-state index in [9.17, 15) is 4.79 Å². The molecular weight excluding hydrogens is 466 g/mol. The van der Waals surface area contributed by atoms with Crippen molar-refractivity contribution in [3.8, 4) is 5.69 Å². The van der Waals surface area contributed by atoms with Gasteiger partial charge in [-0.3, -0.25) is 9.36 Å². The van der Waals surface area contributed by atoms with E-state index in [0.29, 0.717) is 23.7 Å². The maximum Gasteiger partial charge on any atom is 0.225 e. The van der Waals surface area contributed by atoms with Gasteiger partial charge in [0.05, 0.1) is 6.54 Å². The lowest BCUT2D eigenvalue weighted by molar-refractivity contribution is -0.115. The number of anilines is 2. The topological polar surface area (TPSA) is 71.8 Å². The third kappa shape index (κ3) is 5.98. The van der Waals surface area contributed by atoms with Crippen LogP contribution >= 0.6 is 23.4 Å². The lowest BCUT2D eigenvalue weighted by Gasteiger charge is -2.12. The Balaban J connectivity index is 1.44. The Morgan fingerprint density at radius 3 is 2.47 bits per heavy atom. The van der Waals surface area contributed by atoms with Gasteiger partial charge in [0.25, 0.3) is 0 Å². The summed E-state index contributed by atoms with van der Waals surface area (Å²) in [6.07, 6.45) is 0.342. The summed E-state index contributed by atoms with van der Waals surface area (Å²) >= 11 is 7.57. The monoisotopic (exact) mass is 491 g/mol. The average Bonchev–Trinajstić information content (AvgIpc) is 3.24. The molecule has 4 aromatic rings. The first-order valence-electron chi connectivity index (χ1n) is 11.0. The van der Waals surface area contributed by atoms with Gasteiger partial charge in [-0.25, -0.2) is 0 Å². The van der Waals surface area contributed by atoms with Crippen molar-refractivity contribution in [3.63, 3.8) is 0 Å². The number of hydrogen-bond acceptors (Lipinski definition) is 5. The summed E-state index contributed by atoms with van der Waals surface area (Å²) in [4.78, 5) is 12.5. The van der Waals surface area contributed by atoms with Gasteiger partial charge in [-0.2, -0.15) is 0 Å². The predicted octanol–water partition coefficient (Wildman–Crippen LogP) is 6.27. The van der Waals surface area contributed by atoms with Crippen LogP contribution in [0.5, 0.6) is 0 Å². The zero-order valence-electron chi connectivity index (χ0n) is 19.1. The van der Waals surface area contributed by atoms with Crippen molar-refractivity contribution in [2.45, 2.75) is 32.0 Å². The number of nitrogens with one attached hydrogen (secondary N) is 2. The lowest BCUT2D eigenvalue weighted by Crippen LogP contribution is -2.13. The molecule has 8 heteroatoms. The summed E-state index contributed by atoms with van der Waals surface area (Å²) in [5.41, 5.74) is 4.92. The van der Waals surface area contributed by atoms with E-state index in [-0.39, 0.29) is 5.91 Å². The number of aryl methyl sites for hydroxylation is 2. The molecule has 1 heterocycles. The number of benzene rings is 3. The minimum atomic E-state index is -0.0647. The molecule has 0 aliphatic heterocycles. The molecule has 0 atom stereocenters. The van der Waals surface area contributed by atoms with Crippen molar-refractivity contribution in [3.05, 3.63) is 94.8 Å². The van der Waals surface area contributed by atoms with Crippen LogP contribution in [0.25, 0.3) is 5.69 Å². The van der Waals surface area contributed by atoms with E-state index in [1.165, 1.54) is 17.3 Å². The van der Waals surface area contributed by atoms with Crippen molar-refractivity contribution in [2.24, 2.45) is 0 Å². The molecule has 0 saturated carbocycles. The van der Waals surface area contributed by atoms with Gasteiger partial charge in [0.15, 0.2) is 11.0 Å². The second kappa shape index (κ2) is 11.2. The quantitative estimate of drug-likeness (QED) is 0.270. The average molecular weight is 492 g/mol. The number of halogens is 1. The summed E-state index contributed by atoms with van der Waals surface area (Å²) in [7, 11) is 0. The number of aromatic nitrogens is 3. The first-order chi connectivity index (χ1) is 16.5. The fourth-order valence-electron chi connectivity index (χ4n) is 3.47. The zero-order valence-corrected chi connectivity index (χ0v) is 20.7. The molecule has 0 unspecified atom stereocenters. The number of para-hydroxylation sites is 2. The zero-order chi connectivity index (χ0) is 23.9. The largest absolute Gasteiger partial charge is 0.378 e. The molecule has 0 radical (unpaired) electrons. The molecule has 2 N–H and O–H groups in total. The minimum absolute atomic E-state index is 0.0647. The summed E-state index contributed by atoms with van der Waals surface area (Å²) in [5.74, 6) is 1.31. The van der Waals surface area contributed by atoms with Gasteiger partial charge >= 0.3 is 0 Å². The van der Waals surface area contributed by atoms with Crippen LogP contribution in [0.1, 0.15) is 23.4 Å². The van der Waals surface area contributed by atoms with E-state index in [0.717, 1.165) is 33.6 Å². The van der Waals surface area contributed by atoms with Crippen LogP contribution in [0.2, 0.25) is 5.02 Å². The molecule has 0 bridgehead atoms. The molecule has 1 amide bonds. The van der Waals surface area contributed by atoms with Crippen LogP contribution in [-0.2, 0) is 11.3 Å². The van der Waals surface area contributed by atoms with Gasteiger partial charge in [0, 0.05) is 34.3 Å². The van der Waals surface area contributed by atoms with Gasteiger partial charge in [-0.15, -0.1) is 10.2 Å². The SMILES string of the molecule is Cc1ccccc1NCc1nnc(SCCC(=O)Nc2cc(Cl)ccc2C)n1-c1ccccc1. The third-order valence-electron chi connectivity index (χ3n) is 5.33. The Hall–Kier alpha value is -3.29. The number of carbonyl (C=O) groups is 1. The highest BCUT2D eigenvalue weighted by atomic mass is 35.5. The van der Waals surface area contributed by atoms with Crippen LogP contribution in [0.15, 0.2) is 78.0 Å². The molecule has 6 nitrogen and oxygen atoms in total. The van der Waals surface area contributed by atoms with Crippen LogP contribution in [-0.4, -0.2) is 26.4 Å². The first kappa shape index (κ1) is 23.9. The fourth-order valence-corrected chi connectivity index (χ4v) is 4.55. The van der Waals surface area contributed by atoms with Gasteiger partial charge in [-0.05, 0) is 55.3 Å². The Labute approximate surface area is 208 Å². The first-order valence-corrected chi connectivity index (χ1v) is 12.4. The van der Waals surface area contributed by atoms with Gasteiger partial charge in [-0.1, -0.05) is 65.8 Å². The Morgan fingerprint density at radius 1 is 0.941 bits per heavy atom. The highest BCUT2D eigenvalue weighted by Crippen LogP contribution is 2.25. The van der Waals surface area contributed by atoms with Crippen molar-refractivity contribution >= 4 is 40.6 Å². The van der Waals surface area contributed by atoms with Crippen molar-refractivity contribution in [1.29, 1.82) is 0 Å². The molecule has 0 aliphatic carbocycles. The summed E-state index contributed by atoms with van der Waals surface area (Å²) in [6.45, 7) is 4.54. The molecular formula is C26H26ClN5OS. The van der Waals surface area contributed by atoms with Gasteiger partial charge < -0.3 is 10.6 Å². The molecule has 0 spiro atoms. The molecule has 174 valence electrons. The van der Waals surface area contributed by atoms with Crippen LogP contribution in [0.4, 0.5) is 11.4 Å². The standard InChI is InChI=1S/C26H26ClN5OS/c1-18-8-6-7-11-22(18)28-17-24-30-31-26(32(24)21-9-4-3-5-10-21)34-15-14-25(33)29-23-16-20(27)13-12-19(23)2/h3-13,16,28H,14-15,17H2,1-2H3,(H,29,33). The lowest BCUT2D eigenvalue weighted by atomic mass is 10.2. The Bertz CT molecular complexity index is 1280. The fraction of sp³-hybridized carbons (Fsp3) is 0.192. The molecule has 4 rings (SSSR count). The molecule has 0 fully saturated rings. The Morgan fingerprint density at radius 2 is 1.68 bits per heavy atom. The maximum absolute atomic E-state index is 12.5. The second-order valence-corrected chi connectivity index (χ2v) is 9.34. The minimum Gasteiger partial charge on any atom is -0.378 e. The molecule has 0 saturated heterocycles. The molecule has 1 aromatic heterocycles. The highest BCUT2D eigenvalue weighted by molar-refractivity contribution is 7.99. The molecule has 34 heavy (non-hydrogen) atoms. The number of thioether (sulfide) groups is 1. The van der Waals surface area contributed by atoms with E-state index in [1.807, 2.05) is 66.1 Å². The summed E-state index contributed by atoms with van der Waals surface area (Å²) < 4.78 is 2.04. The molecule has 3 aromatic carbocycles. The van der Waals surface area contributed by atoms with Crippen molar-refractivity contribution in [2.75, 3.05) is 16.4 Å². The smallest absolute Gasteiger partial charge is 0.225 e. The van der Waals surface area contributed by atoms with Crippen molar-refractivity contribution < 1.29 is 4.79 Å². The third-order valence-corrected chi connectivity index (χ3v) is 6.50. The van der Waals surface area contributed by atoms with Crippen molar-refractivity contribution in [1.82, 2.24) is 14.8 Å². The van der Waals surface area contributed by atoms with E-state index in [4.69, 9.17) is 11.6 Å². The van der Waals surface area contributed by atoms with Crippen LogP contribution in [0, 0.1) is 13.8 Å². The number of rotatable bonds is 9. The van der Waals surface area contributed by atoms with E-state index >= 15 is 0 Å². The van der Waals surface area contributed by atoms with E-state index < -0.39 is 0 Å². The van der Waals surface area contributed by atoms with Gasteiger partial charge in [0.2, 0.25) is 5.91 Å². The normalized spacial score (nSPS) is 10.8. The summed E-state index contributed by atoms with van der Waals surface area (Å²) in [5, 5.41) is 16.6. The predicted molar refractivity (Wildman–Crippen MR) is 140 cm³/mol. The van der Waals surface area contributed by atoms with Crippen LogP contribution < -0.4 is 10.6 Å². The Kier molecular flexibility index (Phi) is 7.87. The number of carbonyl (C=O) groups excluding carboxylic acids is 1. The maximum atomic E-state index is 12.5. The van der Waals surface area contributed by atoms with Crippen LogP contribution in [0.3, 0.4) is 0 Å². The summed E-state index contributed by atoms with van der Waals surface area (Å²) in [6, 6.07) is 23.6. The van der Waals surface area contributed by atoms with Gasteiger partial charge in [0.1, 0.15) is 0 Å². The molecule has 0 aliphatic rings. The van der Waals surface area contributed by atoms with E-state index in [2.05, 4.69) is 39.9 Å². The number of amides is 1.